The van der Waals surface area contributed by atoms with Crippen LogP contribution in [0.4, 0.5) is 36.6 Å². The Morgan fingerprint density at radius 3 is 2.34 bits per heavy atom. The van der Waals surface area contributed by atoms with Gasteiger partial charge in [0.1, 0.15) is 17.2 Å². The van der Waals surface area contributed by atoms with Crippen LogP contribution in [0.2, 0.25) is 0 Å². The first-order chi connectivity index (χ1) is 16.6. The maximum absolute atomic E-state index is 14.8. The first-order valence-electron chi connectivity index (χ1n) is 9.73. The predicted octanol–water partition coefficient (Wildman–Crippen LogP) is 6.59. The Kier molecular flexibility index (Phi) is 6.29. The van der Waals surface area contributed by atoms with E-state index in [2.05, 4.69) is 14.7 Å². The van der Waals surface area contributed by atoms with Crippen LogP contribution in [0.1, 0.15) is 21.5 Å². The van der Waals surface area contributed by atoms with E-state index in [0.717, 1.165) is 22.7 Å². The molecule has 0 atom stereocenters. The second-order valence-electron chi connectivity index (χ2n) is 7.03. The maximum atomic E-state index is 14.8. The van der Waals surface area contributed by atoms with Gasteiger partial charge in [-0.25, -0.2) is 9.37 Å². The molecule has 0 aliphatic rings. The van der Waals surface area contributed by atoms with Crippen molar-refractivity contribution in [1.82, 2.24) is 9.38 Å². The molecule has 0 N–H and O–H groups in total. The average Bonchev–Trinajstić information content (AvgIpc) is 3.14. The van der Waals surface area contributed by atoms with Crippen molar-refractivity contribution < 1.29 is 40.3 Å². The number of aromatic nitrogens is 2. The molecule has 0 spiro atoms. The van der Waals surface area contributed by atoms with Crippen molar-refractivity contribution in [3.05, 3.63) is 89.4 Å². The van der Waals surface area contributed by atoms with Gasteiger partial charge in [0, 0.05) is 17.3 Å². The summed E-state index contributed by atoms with van der Waals surface area (Å²) in [6.45, 7) is -3.62. The average molecular weight is 495 g/mol. The molecule has 0 aliphatic carbocycles. The number of fused-ring (bicyclic) bond motifs is 1. The summed E-state index contributed by atoms with van der Waals surface area (Å²) in [7, 11) is 0. The summed E-state index contributed by atoms with van der Waals surface area (Å²) in [5, 5.41) is 0. The molecule has 0 bridgehead atoms. The van der Waals surface area contributed by atoms with Crippen LogP contribution in [0.15, 0.2) is 71.9 Å². The monoisotopic (exact) mass is 495 g/mol. The summed E-state index contributed by atoms with van der Waals surface area (Å²) >= 11 is 0. The molecule has 0 aliphatic heterocycles. The van der Waals surface area contributed by atoms with Crippen molar-refractivity contribution >= 4 is 23.4 Å². The molecule has 0 radical (unpaired) electrons. The van der Waals surface area contributed by atoms with Crippen molar-refractivity contribution in [3.8, 4) is 11.3 Å². The lowest BCUT2D eigenvalue weighted by Crippen LogP contribution is -2.10. The van der Waals surface area contributed by atoms with Gasteiger partial charge in [0.25, 0.3) is 0 Å². The molecule has 5 nitrogen and oxygen atoms in total. The van der Waals surface area contributed by atoms with Crippen molar-refractivity contribution in [2.45, 2.75) is 12.8 Å². The molecule has 2 heterocycles. The molecule has 2 aromatic heterocycles. The molecule has 4 rings (SSSR count). The van der Waals surface area contributed by atoms with Gasteiger partial charge in [-0.05, 0) is 24.3 Å². The van der Waals surface area contributed by atoms with Crippen LogP contribution < -0.4 is 0 Å². The van der Waals surface area contributed by atoms with Crippen molar-refractivity contribution in [1.29, 1.82) is 0 Å². The number of ketones is 1. The number of alkyl halides is 5. The number of pyridine rings is 1. The Labute approximate surface area is 192 Å². The third kappa shape index (κ3) is 4.86. The number of nitrogens with zero attached hydrogens (tertiary/aromatic N) is 3. The van der Waals surface area contributed by atoms with E-state index >= 15 is 0 Å². The molecule has 0 unspecified atom stereocenters. The van der Waals surface area contributed by atoms with E-state index in [0.29, 0.717) is 6.07 Å². The highest BCUT2D eigenvalue weighted by Crippen LogP contribution is 2.42. The maximum Gasteiger partial charge on any atom is 0.417 e. The SMILES string of the molecule is O=C(c1ccccc1)c1ccc2nc(N=C(F)OC(F)F)c(-c3c(F)cccc3C(F)(F)F)n2c1. The molecule has 0 amide bonds. The predicted molar refractivity (Wildman–Crippen MR) is 111 cm³/mol. The molecule has 35 heavy (non-hydrogen) atoms. The minimum atomic E-state index is -5.06. The summed E-state index contributed by atoms with van der Waals surface area (Å²) < 4.78 is 99.1. The smallest absolute Gasteiger partial charge is 0.393 e. The first-order valence-corrected chi connectivity index (χ1v) is 9.73. The van der Waals surface area contributed by atoms with Gasteiger partial charge >= 0.3 is 18.9 Å². The van der Waals surface area contributed by atoms with E-state index in [4.69, 9.17) is 0 Å². The molecule has 0 saturated heterocycles. The fourth-order valence-corrected chi connectivity index (χ4v) is 3.42. The van der Waals surface area contributed by atoms with Crippen LogP contribution in [0.5, 0.6) is 0 Å². The summed E-state index contributed by atoms with van der Waals surface area (Å²) in [6.07, 6.45) is -6.09. The Hall–Kier alpha value is -4.22. The summed E-state index contributed by atoms with van der Waals surface area (Å²) in [6, 6.07) is 12.5. The number of carbonyl (C=O) groups is 1. The van der Waals surface area contributed by atoms with Gasteiger partial charge in [-0.3, -0.25) is 9.20 Å². The van der Waals surface area contributed by atoms with Crippen LogP contribution >= 0.6 is 0 Å². The van der Waals surface area contributed by atoms with Crippen molar-refractivity contribution in [3.63, 3.8) is 0 Å². The third-order valence-electron chi connectivity index (χ3n) is 4.83. The third-order valence-corrected chi connectivity index (χ3v) is 4.83. The van der Waals surface area contributed by atoms with E-state index in [9.17, 15) is 35.5 Å². The highest BCUT2D eigenvalue weighted by atomic mass is 19.4. The van der Waals surface area contributed by atoms with Crippen LogP contribution in [-0.4, -0.2) is 27.9 Å². The second kappa shape index (κ2) is 9.20. The number of aliphatic imine (C=N–C) groups is 1. The highest BCUT2D eigenvalue weighted by molar-refractivity contribution is 6.09. The van der Waals surface area contributed by atoms with Crippen LogP contribution in [0.3, 0.4) is 0 Å². The number of carbonyl (C=O) groups excluding carboxylic acids is 1. The number of imidazole rings is 1. The molecular weight excluding hydrogens is 483 g/mol. The minimum Gasteiger partial charge on any atom is -0.393 e. The number of ether oxygens (including phenoxy) is 1. The molecule has 2 aromatic carbocycles. The number of halogens is 7. The standard InChI is InChI=1S/C23H12F7N3O2/c24-15-8-4-7-14(23(28,29)30)17(15)18-20(32-22(27)35-21(25)26)31-16-10-9-13(11-33(16)18)19(34)12-5-2-1-3-6-12/h1-11,21H. The number of benzene rings is 2. The number of rotatable bonds is 5. The molecule has 0 fully saturated rings. The lowest BCUT2D eigenvalue weighted by molar-refractivity contribution is -0.137. The number of hydrogen-bond donors (Lipinski definition) is 0. The highest BCUT2D eigenvalue weighted by Gasteiger charge is 2.37. The van der Waals surface area contributed by atoms with E-state index in [-0.39, 0.29) is 16.8 Å². The van der Waals surface area contributed by atoms with Gasteiger partial charge in [0.15, 0.2) is 11.6 Å². The lowest BCUT2D eigenvalue weighted by Gasteiger charge is -2.14. The quantitative estimate of drug-likeness (QED) is 0.136. The Balaban J connectivity index is 2.01. The molecular formula is C23H12F7N3O2. The van der Waals surface area contributed by atoms with Gasteiger partial charge in [-0.2, -0.15) is 26.9 Å². The lowest BCUT2D eigenvalue weighted by atomic mass is 10.0. The molecule has 12 heteroatoms. The molecule has 4 aromatic rings. The molecule has 0 saturated carbocycles. The summed E-state index contributed by atoms with van der Waals surface area (Å²) in [4.78, 5) is 19.8. The van der Waals surface area contributed by atoms with Crippen molar-refractivity contribution in [2.75, 3.05) is 0 Å². The van der Waals surface area contributed by atoms with Crippen LogP contribution in [0, 0.1) is 5.82 Å². The van der Waals surface area contributed by atoms with E-state index < -0.39 is 53.2 Å². The van der Waals surface area contributed by atoms with Crippen molar-refractivity contribution in [2.24, 2.45) is 4.99 Å². The van der Waals surface area contributed by atoms with E-state index in [1.807, 2.05) is 0 Å². The Morgan fingerprint density at radius 2 is 1.69 bits per heavy atom. The fraction of sp³-hybridized carbons (Fsp3) is 0.0870. The van der Waals surface area contributed by atoms with E-state index in [1.54, 1.807) is 18.2 Å². The first kappa shape index (κ1) is 23.9. The summed E-state index contributed by atoms with van der Waals surface area (Å²) in [5.74, 6) is -2.76. The fourth-order valence-electron chi connectivity index (χ4n) is 3.42. The largest absolute Gasteiger partial charge is 0.417 e. The van der Waals surface area contributed by atoms with Crippen LogP contribution in [-0.2, 0) is 10.9 Å². The topological polar surface area (TPSA) is 56.0 Å². The van der Waals surface area contributed by atoms with Crippen LogP contribution in [0.25, 0.3) is 16.9 Å². The minimum absolute atomic E-state index is 0.0212. The van der Waals surface area contributed by atoms with E-state index in [1.165, 1.54) is 24.3 Å². The zero-order valence-corrected chi connectivity index (χ0v) is 17.2. The van der Waals surface area contributed by atoms with Gasteiger partial charge in [-0.15, -0.1) is 4.39 Å². The Bertz CT molecular complexity index is 1430. The second-order valence-corrected chi connectivity index (χ2v) is 7.03. The zero-order valence-electron chi connectivity index (χ0n) is 17.2. The normalized spacial score (nSPS) is 12.4. The van der Waals surface area contributed by atoms with Gasteiger partial charge in [0.2, 0.25) is 0 Å². The van der Waals surface area contributed by atoms with Gasteiger partial charge in [-0.1, -0.05) is 36.4 Å². The zero-order chi connectivity index (χ0) is 25.3. The molecule has 180 valence electrons. The summed E-state index contributed by atoms with van der Waals surface area (Å²) in [5.41, 5.74) is -3.17. The van der Waals surface area contributed by atoms with Gasteiger partial charge in [0.05, 0.1) is 11.1 Å². The Morgan fingerprint density at radius 1 is 0.971 bits per heavy atom. The number of hydrogen-bond acceptors (Lipinski definition) is 4. The van der Waals surface area contributed by atoms with Gasteiger partial charge < -0.3 is 4.74 Å².